The molecule has 0 aliphatic carbocycles. The van der Waals surface area contributed by atoms with E-state index in [0.29, 0.717) is 50.6 Å². The monoisotopic (exact) mass is 429 g/mol. The summed E-state index contributed by atoms with van der Waals surface area (Å²) in [5.74, 6) is -0.289. The summed E-state index contributed by atoms with van der Waals surface area (Å²) in [6, 6.07) is 5.27. The van der Waals surface area contributed by atoms with E-state index in [9.17, 15) is 14.0 Å². The Kier molecular flexibility index (Phi) is 6.84. The SMILES string of the molecule is Cl.O=C(CC1CC2CCC(C1)N2)N1CCN(C(=O)c2ccc(Cl)cc2F)CC1. The molecule has 3 aliphatic rings. The molecule has 2 atom stereocenters. The van der Waals surface area contributed by atoms with Gasteiger partial charge in [-0.3, -0.25) is 9.59 Å². The molecule has 0 saturated carbocycles. The third-order valence-corrected chi connectivity index (χ3v) is 6.35. The van der Waals surface area contributed by atoms with Gasteiger partial charge in [-0.1, -0.05) is 11.6 Å². The highest BCUT2D eigenvalue weighted by Crippen LogP contribution is 2.33. The summed E-state index contributed by atoms with van der Waals surface area (Å²) < 4.78 is 14.0. The van der Waals surface area contributed by atoms with Crippen LogP contribution in [0.15, 0.2) is 18.2 Å². The van der Waals surface area contributed by atoms with E-state index in [1.54, 1.807) is 4.90 Å². The minimum Gasteiger partial charge on any atom is -0.339 e. The zero-order valence-corrected chi connectivity index (χ0v) is 17.3. The van der Waals surface area contributed by atoms with Gasteiger partial charge in [0.25, 0.3) is 5.91 Å². The van der Waals surface area contributed by atoms with Crippen molar-refractivity contribution in [2.75, 3.05) is 26.2 Å². The van der Waals surface area contributed by atoms with Crippen LogP contribution in [0.25, 0.3) is 0 Å². The van der Waals surface area contributed by atoms with Crippen LogP contribution < -0.4 is 5.32 Å². The molecule has 8 heteroatoms. The second-order valence-electron chi connectivity index (χ2n) is 7.98. The van der Waals surface area contributed by atoms with Crippen molar-refractivity contribution in [2.24, 2.45) is 5.92 Å². The lowest BCUT2D eigenvalue weighted by Gasteiger charge is -2.36. The van der Waals surface area contributed by atoms with Crippen molar-refractivity contribution in [2.45, 2.75) is 44.2 Å². The van der Waals surface area contributed by atoms with Gasteiger partial charge in [0.1, 0.15) is 5.82 Å². The summed E-state index contributed by atoms with van der Waals surface area (Å²) in [5, 5.41) is 3.88. The predicted octanol–water partition coefficient (Wildman–Crippen LogP) is 3.11. The lowest BCUT2D eigenvalue weighted by atomic mass is 9.89. The Labute approximate surface area is 176 Å². The fraction of sp³-hybridized carbons (Fsp3) is 0.600. The standard InChI is InChI=1S/C20H25ClFN3O2.ClH/c21-14-1-4-17(18(22)12-14)20(27)25-7-5-24(6-8-25)19(26)11-13-9-15-2-3-16(10-13)23-15;/h1,4,12-13,15-16,23H,2-3,5-11H2;1H. The molecule has 28 heavy (non-hydrogen) atoms. The number of benzene rings is 1. The molecule has 2 unspecified atom stereocenters. The average molecular weight is 430 g/mol. The molecule has 0 spiro atoms. The van der Waals surface area contributed by atoms with Crippen LogP contribution in [-0.2, 0) is 4.79 Å². The number of piperazine rings is 1. The molecule has 154 valence electrons. The topological polar surface area (TPSA) is 52.7 Å². The Morgan fingerprint density at radius 1 is 1.07 bits per heavy atom. The van der Waals surface area contributed by atoms with Crippen LogP contribution in [0, 0.1) is 11.7 Å². The number of carbonyl (C=O) groups is 2. The number of rotatable bonds is 3. The van der Waals surface area contributed by atoms with Crippen molar-refractivity contribution in [3.8, 4) is 0 Å². The Bertz CT molecular complexity index is 728. The first kappa shape index (κ1) is 21.3. The second-order valence-corrected chi connectivity index (χ2v) is 8.41. The van der Waals surface area contributed by atoms with E-state index in [2.05, 4.69) is 5.32 Å². The highest BCUT2D eigenvalue weighted by molar-refractivity contribution is 6.30. The number of hydrogen-bond acceptors (Lipinski definition) is 3. The Morgan fingerprint density at radius 3 is 2.29 bits per heavy atom. The number of halogens is 3. The van der Waals surface area contributed by atoms with Gasteiger partial charge in [-0.2, -0.15) is 0 Å². The molecule has 1 aromatic rings. The lowest BCUT2D eigenvalue weighted by molar-refractivity contribution is -0.134. The maximum absolute atomic E-state index is 14.0. The number of hydrogen-bond donors (Lipinski definition) is 1. The fourth-order valence-electron chi connectivity index (χ4n) is 4.71. The van der Waals surface area contributed by atoms with Crippen LogP contribution in [0.5, 0.6) is 0 Å². The van der Waals surface area contributed by atoms with Crippen molar-refractivity contribution >= 4 is 35.8 Å². The fourth-order valence-corrected chi connectivity index (χ4v) is 4.87. The minimum atomic E-state index is -0.605. The van der Waals surface area contributed by atoms with Crippen molar-refractivity contribution in [3.63, 3.8) is 0 Å². The molecular weight excluding hydrogens is 404 g/mol. The van der Waals surface area contributed by atoms with Gasteiger partial charge in [-0.25, -0.2) is 4.39 Å². The molecular formula is C20H26Cl2FN3O2. The molecule has 3 fully saturated rings. The largest absolute Gasteiger partial charge is 0.339 e. The molecule has 5 nitrogen and oxygen atoms in total. The third kappa shape index (κ3) is 4.61. The van der Waals surface area contributed by atoms with Gasteiger partial charge in [0.2, 0.25) is 5.91 Å². The van der Waals surface area contributed by atoms with E-state index in [1.165, 1.54) is 25.0 Å². The van der Waals surface area contributed by atoms with Crippen molar-refractivity contribution in [1.29, 1.82) is 0 Å². The predicted molar refractivity (Wildman–Crippen MR) is 108 cm³/mol. The van der Waals surface area contributed by atoms with Gasteiger partial charge in [0, 0.05) is 49.7 Å². The summed E-state index contributed by atoms with van der Waals surface area (Å²) in [4.78, 5) is 28.7. The van der Waals surface area contributed by atoms with Gasteiger partial charge in [0.15, 0.2) is 0 Å². The van der Waals surface area contributed by atoms with Gasteiger partial charge < -0.3 is 15.1 Å². The molecule has 1 N–H and O–H groups in total. The number of fused-ring (bicyclic) bond motifs is 2. The van der Waals surface area contributed by atoms with Gasteiger partial charge in [-0.15, -0.1) is 12.4 Å². The van der Waals surface area contributed by atoms with E-state index in [1.807, 2.05) is 4.90 Å². The number of nitrogens with zero attached hydrogens (tertiary/aromatic N) is 2. The first-order valence-corrected chi connectivity index (χ1v) is 10.2. The molecule has 3 aliphatic heterocycles. The maximum atomic E-state index is 14.0. The van der Waals surface area contributed by atoms with Crippen LogP contribution in [0.1, 0.15) is 42.5 Å². The summed E-state index contributed by atoms with van der Waals surface area (Å²) in [5.41, 5.74) is 0.0318. The normalized spacial score (nSPS) is 26.7. The van der Waals surface area contributed by atoms with Crippen LogP contribution in [0.2, 0.25) is 5.02 Å². The van der Waals surface area contributed by atoms with Crippen molar-refractivity contribution < 1.29 is 14.0 Å². The number of piperidine rings is 1. The Morgan fingerprint density at radius 2 is 1.68 bits per heavy atom. The molecule has 0 radical (unpaired) electrons. The zero-order chi connectivity index (χ0) is 19.0. The minimum absolute atomic E-state index is 0. The number of nitrogens with one attached hydrogen (secondary N) is 1. The van der Waals surface area contributed by atoms with Crippen LogP contribution in [0.3, 0.4) is 0 Å². The van der Waals surface area contributed by atoms with Gasteiger partial charge in [0.05, 0.1) is 5.56 Å². The van der Waals surface area contributed by atoms with E-state index in [0.717, 1.165) is 18.9 Å². The lowest BCUT2D eigenvalue weighted by Crippen LogP contribution is -2.51. The molecule has 2 bridgehead atoms. The van der Waals surface area contributed by atoms with Crippen molar-refractivity contribution in [3.05, 3.63) is 34.6 Å². The molecule has 3 heterocycles. The molecule has 2 amide bonds. The second kappa shape index (κ2) is 8.97. The van der Waals surface area contributed by atoms with Crippen LogP contribution >= 0.6 is 24.0 Å². The Balaban J connectivity index is 0.00000225. The first-order valence-electron chi connectivity index (χ1n) is 9.78. The van der Waals surface area contributed by atoms with E-state index in [-0.39, 0.29) is 34.8 Å². The van der Waals surface area contributed by atoms with Gasteiger partial charge in [-0.05, 0) is 49.8 Å². The molecule has 1 aromatic carbocycles. The highest BCUT2D eigenvalue weighted by Gasteiger charge is 2.35. The maximum Gasteiger partial charge on any atom is 0.256 e. The summed E-state index contributed by atoms with van der Waals surface area (Å²) in [6.07, 6.45) is 5.26. The molecule has 4 rings (SSSR count). The van der Waals surface area contributed by atoms with Crippen LogP contribution in [0.4, 0.5) is 4.39 Å². The highest BCUT2D eigenvalue weighted by atomic mass is 35.5. The first-order chi connectivity index (χ1) is 13.0. The van der Waals surface area contributed by atoms with Gasteiger partial charge >= 0.3 is 0 Å². The van der Waals surface area contributed by atoms with E-state index in [4.69, 9.17) is 11.6 Å². The molecule has 3 saturated heterocycles. The quantitative estimate of drug-likeness (QED) is 0.802. The number of amides is 2. The summed E-state index contributed by atoms with van der Waals surface area (Å²) in [7, 11) is 0. The molecule has 0 aromatic heterocycles. The van der Waals surface area contributed by atoms with E-state index < -0.39 is 5.82 Å². The third-order valence-electron chi connectivity index (χ3n) is 6.12. The summed E-state index contributed by atoms with van der Waals surface area (Å²) in [6.45, 7) is 1.89. The number of carbonyl (C=O) groups excluding carboxylic acids is 2. The van der Waals surface area contributed by atoms with Crippen LogP contribution in [-0.4, -0.2) is 59.9 Å². The van der Waals surface area contributed by atoms with E-state index >= 15 is 0 Å². The smallest absolute Gasteiger partial charge is 0.256 e. The Hall–Kier alpha value is -1.37. The van der Waals surface area contributed by atoms with Crippen molar-refractivity contribution in [1.82, 2.24) is 15.1 Å². The summed E-state index contributed by atoms with van der Waals surface area (Å²) >= 11 is 5.75. The average Bonchev–Trinajstić information content (AvgIpc) is 2.99. The zero-order valence-electron chi connectivity index (χ0n) is 15.7.